The van der Waals surface area contributed by atoms with Gasteiger partial charge in [0.25, 0.3) is 0 Å². The highest BCUT2D eigenvalue weighted by molar-refractivity contribution is 5.30. The number of hydrogen-bond donors (Lipinski definition) is 1. The summed E-state index contributed by atoms with van der Waals surface area (Å²) in [5.74, 6) is 0.972. The van der Waals surface area contributed by atoms with Crippen molar-refractivity contribution in [3.63, 3.8) is 0 Å². The minimum Gasteiger partial charge on any atom is -0.494 e. The van der Waals surface area contributed by atoms with Crippen LogP contribution in [0, 0.1) is 0 Å². The van der Waals surface area contributed by atoms with Gasteiger partial charge in [-0.2, -0.15) is 0 Å². The van der Waals surface area contributed by atoms with Gasteiger partial charge in [-0.15, -0.1) is 0 Å². The molecule has 0 aliphatic rings. The number of ether oxygens (including phenoxy) is 1. The van der Waals surface area contributed by atoms with E-state index in [2.05, 4.69) is 49.4 Å². The van der Waals surface area contributed by atoms with Gasteiger partial charge in [0, 0.05) is 12.6 Å². The van der Waals surface area contributed by atoms with Crippen molar-refractivity contribution >= 4 is 0 Å². The molecule has 0 saturated heterocycles. The van der Waals surface area contributed by atoms with E-state index in [1.54, 1.807) is 0 Å². The molecule has 0 bridgehead atoms. The minimum absolute atomic E-state index is 0.412. The van der Waals surface area contributed by atoms with E-state index < -0.39 is 0 Å². The van der Waals surface area contributed by atoms with Gasteiger partial charge < -0.3 is 15.0 Å². The van der Waals surface area contributed by atoms with Crippen molar-refractivity contribution in [3.8, 4) is 5.75 Å². The normalized spacial score (nSPS) is 12.7. The van der Waals surface area contributed by atoms with Crippen LogP contribution in [0.4, 0.5) is 0 Å². The van der Waals surface area contributed by atoms with Gasteiger partial charge in [-0.05, 0) is 51.7 Å². The Kier molecular flexibility index (Phi) is 6.76. The number of nitrogens with one attached hydrogen (secondary N) is 1. The number of nitrogens with zero attached hydrogens (tertiary/aromatic N) is 1. The first-order valence-corrected chi connectivity index (χ1v) is 6.72. The van der Waals surface area contributed by atoms with E-state index in [0.717, 1.165) is 31.7 Å². The Morgan fingerprint density at radius 2 is 2.11 bits per heavy atom. The summed E-state index contributed by atoms with van der Waals surface area (Å²) in [6, 6.07) is 8.80. The van der Waals surface area contributed by atoms with Gasteiger partial charge in [-0.3, -0.25) is 0 Å². The van der Waals surface area contributed by atoms with Crippen LogP contribution in [0.25, 0.3) is 0 Å². The highest BCUT2D eigenvalue weighted by atomic mass is 16.5. The predicted octanol–water partition coefficient (Wildman–Crippen LogP) is 2.69. The summed E-state index contributed by atoms with van der Waals surface area (Å²) in [4.78, 5) is 2.17. The first kappa shape index (κ1) is 15.0. The Bertz CT molecular complexity index is 335. The van der Waals surface area contributed by atoms with Gasteiger partial charge in [0.1, 0.15) is 5.75 Å². The van der Waals surface area contributed by atoms with E-state index in [9.17, 15) is 0 Å². The highest BCUT2D eigenvalue weighted by Gasteiger charge is 2.06. The smallest absolute Gasteiger partial charge is 0.119 e. The molecule has 0 saturated carbocycles. The Morgan fingerprint density at radius 3 is 2.72 bits per heavy atom. The molecule has 0 aliphatic carbocycles. The fraction of sp³-hybridized carbons (Fsp3) is 0.600. The molecule has 1 aromatic carbocycles. The van der Waals surface area contributed by atoms with E-state index in [1.807, 2.05) is 13.1 Å². The average Bonchev–Trinajstić information content (AvgIpc) is 2.36. The summed E-state index contributed by atoms with van der Waals surface area (Å²) in [5, 5.41) is 3.32. The number of benzene rings is 1. The third-order valence-electron chi connectivity index (χ3n) is 3.04. The largest absolute Gasteiger partial charge is 0.494 e. The summed E-state index contributed by atoms with van der Waals surface area (Å²) in [7, 11) is 6.16. The molecular formula is C15H26N2O. The lowest BCUT2D eigenvalue weighted by Crippen LogP contribution is -2.16. The number of hydrogen-bond acceptors (Lipinski definition) is 3. The van der Waals surface area contributed by atoms with Crippen molar-refractivity contribution in [3.05, 3.63) is 29.8 Å². The monoisotopic (exact) mass is 250 g/mol. The van der Waals surface area contributed by atoms with E-state index in [4.69, 9.17) is 4.74 Å². The second-order valence-corrected chi connectivity index (χ2v) is 4.83. The third kappa shape index (κ3) is 5.07. The van der Waals surface area contributed by atoms with Gasteiger partial charge in [-0.25, -0.2) is 0 Å². The molecule has 1 aromatic rings. The zero-order chi connectivity index (χ0) is 13.4. The second kappa shape index (κ2) is 8.11. The standard InChI is InChI=1S/C15H26N2O/c1-5-15(16-2)13-8-6-9-14(12-13)18-11-7-10-17(3)4/h6,8-9,12,15-16H,5,7,10-11H2,1-4H3. The molecule has 1 atom stereocenters. The first-order valence-electron chi connectivity index (χ1n) is 6.72. The number of rotatable bonds is 8. The van der Waals surface area contributed by atoms with E-state index >= 15 is 0 Å². The molecule has 0 radical (unpaired) electrons. The Labute approximate surface area is 111 Å². The molecule has 0 fully saturated rings. The predicted molar refractivity (Wildman–Crippen MR) is 77.2 cm³/mol. The van der Waals surface area contributed by atoms with Crippen molar-refractivity contribution in [1.82, 2.24) is 10.2 Å². The van der Waals surface area contributed by atoms with Gasteiger partial charge in [-0.1, -0.05) is 19.1 Å². The Balaban J connectivity index is 2.49. The van der Waals surface area contributed by atoms with Gasteiger partial charge in [0.2, 0.25) is 0 Å². The van der Waals surface area contributed by atoms with Crippen molar-refractivity contribution in [2.45, 2.75) is 25.8 Å². The zero-order valence-electron chi connectivity index (χ0n) is 12.1. The molecule has 3 heteroatoms. The second-order valence-electron chi connectivity index (χ2n) is 4.83. The molecule has 0 spiro atoms. The summed E-state index contributed by atoms with van der Waals surface area (Å²) in [6.07, 6.45) is 2.14. The first-order chi connectivity index (χ1) is 8.67. The lowest BCUT2D eigenvalue weighted by atomic mass is 10.0. The van der Waals surface area contributed by atoms with Crippen LogP contribution in [0.2, 0.25) is 0 Å². The van der Waals surface area contributed by atoms with Crippen molar-refractivity contribution in [2.24, 2.45) is 0 Å². The fourth-order valence-electron chi connectivity index (χ4n) is 2.00. The Hall–Kier alpha value is -1.06. The summed E-state index contributed by atoms with van der Waals surface area (Å²) < 4.78 is 5.78. The molecule has 0 amide bonds. The van der Waals surface area contributed by atoms with Crippen LogP contribution in [-0.2, 0) is 0 Å². The van der Waals surface area contributed by atoms with Crippen LogP contribution in [0.3, 0.4) is 0 Å². The maximum absolute atomic E-state index is 5.78. The molecule has 18 heavy (non-hydrogen) atoms. The van der Waals surface area contributed by atoms with Gasteiger partial charge in [0.05, 0.1) is 6.61 Å². The summed E-state index contributed by atoms with van der Waals surface area (Å²) >= 11 is 0. The average molecular weight is 250 g/mol. The van der Waals surface area contributed by atoms with Crippen LogP contribution in [0.15, 0.2) is 24.3 Å². The van der Waals surface area contributed by atoms with E-state index in [-0.39, 0.29) is 0 Å². The molecule has 1 unspecified atom stereocenters. The van der Waals surface area contributed by atoms with Crippen LogP contribution >= 0.6 is 0 Å². The van der Waals surface area contributed by atoms with Crippen LogP contribution < -0.4 is 10.1 Å². The van der Waals surface area contributed by atoms with Crippen molar-refractivity contribution in [2.75, 3.05) is 34.3 Å². The molecule has 0 aromatic heterocycles. The maximum Gasteiger partial charge on any atom is 0.119 e. The lowest BCUT2D eigenvalue weighted by molar-refractivity contribution is 0.281. The SMILES string of the molecule is CCC(NC)c1cccc(OCCCN(C)C)c1. The zero-order valence-corrected chi connectivity index (χ0v) is 12.1. The van der Waals surface area contributed by atoms with E-state index in [1.165, 1.54) is 5.56 Å². The minimum atomic E-state index is 0.412. The van der Waals surface area contributed by atoms with Gasteiger partial charge >= 0.3 is 0 Å². The molecular weight excluding hydrogens is 224 g/mol. The maximum atomic E-state index is 5.78. The van der Waals surface area contributed by atoms with Crippen molar-refractivity contribution in [1.29, 1.82) is 0 Å². The van der Waals surface area contributed by atoms with Crippen LogP contribution in [0.5, 0.6) is 5.75 Å². The van der Waals surface area contributed by atoms with Crippen LogP contribution in [-0.4, -0.2) is 39.2 Å². The van der Waals surface area contributed by atoms with Crippen molar-refractivity contribution < 1.29 is 4.74 Å². The lowest BCUT2D eigenvalue weighted by Gasteiger charge is -2.16. The summed E-state index contributed by atoms with van der Waals surface area (Å²) in [5.41, 5.74) is 1.30. The summed E-state index contributed by atoms with van der Waals surface area (Å²) in [6.45, 7) is 4.03. The fourth-order valence-corrected chi connectivity index (χ4v) is 2.00. The molecule has 0 heterocycles. The molecule has 1 rings (SSSR count). The quantitative estimate of drug-likeness (QED) is 0.718. The topological polar surface area (TPSA) is 24.5 Å². The molecule has 1 N–H and O–H groups in total. The molecule has 102 valence electrons. The van der Waals surface area contributed by atoms with Gasteiger partial charge in [0.15, 0.2) is 0 Å². The van der Waals surface area contributed by atoms with Crippen LogP contribution in [0.1, 0.15) is 31.4 Å². The molecule has 3 nitrogen and oxygen atoms in total. The highest BCUT2D eigenvalue weighted by Crippen LogP contribution is 2.21. The Morgan fingerprint density at radius 1 is 1.33 bits per heavy atom. The molecule has 0 aliphatic heterocycles. The van der Waals surface area contributed by atoms with E-state index in [0.29, 0.717) is 6.04 Å². The third-order valence-corrected chi connectivity index (χ3v) is 3.04.